The SMILES string of the molecule is CSCCC(NC(=O)c1cccc(C)c1)C(=O)N(C)CCCC(=O)O. The van der Waals surface area contributed by atoms with Crippen LogP contribution in [0, 0.1) is 6.92 Å². The average Bonchev–Trinajstić information content (AvgIpc) is 2.57. The summed E-state index contributed by atoms with van der Waals surface area (Å²) in [5.74, 6) is -0.608. The second kappa shape index (κ2) is 10.8. The third-order valence-electron chi connectivity index (χ3n) is 3.75. The molecular weight excluding hydrogens is 340 g/mol. The van der Waals surface area contributed by atoms with Crippen molar-refractivity contribution < 1.29 is 19.5 Å². The van der Waals surface area contributed by atoms with E-state index in [1.807, 2.05) is 19.2 Å². The molecule has 1 aromatic rings. The number of aryl methyl sites for hydroxylation is 1. The van der Waals surface area contributed by atoms with Gasteiger partial charge in [-0.15, -0.1) is 0 Å². The maximum Gasteiger partial charge on any atom is 0.303 e. The number of aliphatic carboxylic acids is 1. The monoisotopic (exact) mass is 366 g/mol. The number of nitrogens with zero attached hydrogens (tertiary/aromatic N) is 1. The first-order valence-electron chi connectivity index (χ1n) is 8.18. The lowest BCUT2D eigenvalue weighted by Gasteiger charge is -2.24. The largest absolute Gasteiger partial charge is 0.481 e. The van der Waals surface area contributed by atoms with Crippen LogP contribution in [0.5, 0.6) is 0 Å². The van der Waals surface area contributed by atoms with E-state index in [4.69, 9.17) is 5.11 Å². The summed E-state index contributed by atoms with van der Waals surface area (Å²) in [6.45, 7) is 2.25. The maximum absolute atomic E-state index is 12.6. The molecule has 1 atom stereocenters. The Morgan fingerprint density at radius 3 is 2.64 bits per heavy atom. The third kappa shape index (κ3) is 7.60. The van der Waals surface area contributed by atoms with Gasteiger partial charge in [-0.1, -0.05) is 17.7 Å². The Labute approximate surface area is 153 Å². The second-order valence-corrected chi connectivity index (χ2v) is 6.92. The van der Waals surface area contributed by atoms with Crippen LogP contribution in [0.1, 0.15) is 35.2 Å². The number of carboxylic acid groups (broad SMARTS) is 1. The van der Waals surface area contributed by atoms with E-state index in [0.717, 1.165) is 11.3 Å². The van der Waals surface area contributed by atoms with E-state index >= 15 is 0 Å². The highest BCUT2D eigenvalue weighted by Gasteiger charge is 2.24. The summed E-state index contributed by atoms with van der Waals surface area (Å²) in [4.78, 5) is 37.1. The number of thioether (sulfide) groups is 1. The first kappa shape index (κ1) is 21.0. The van der Waals surface area contributed by atoms with Crippen LogP contribution in [0.15, 0.2) is 24.3 Å². The number of nitrogens with one attached hydrogen (secondary N) is 1. The topological polar surface area (TPSA) is 86.7 Å². The van der Waals surface area contributed by atoms with E-state index in [0.29, 0.717) is 24.9 Å². The summed E-state index contributed by atoms with van der Waals surface area (Å²) >= 11 is 1.61. The molecule has 0 fully saturated rings. The lowest BCUT2D eigenvalue weighted by molar-refractivity contribution is -0.138. The van der Waals surface area contributed by atoms with Crippen molar-refractivity contribution in [3.63, 3.8) is 0 Å². The zero-order chi connectivity index (χ0) is 18.8. The Morgan fingerprint density at radius 2 is 2.04 bits per heavy atom. The molecule has 2 amide bonds. The number of rotatable bonds is 10. The van der Waals surface area contributed by atoms with Crippen molar-refractivity contribution in [2.24, 2.45) is 0 Å². The molecule has 0 aliphatic rings. The van der Waals surface area contributed by atoms with Crippen molar-refractivity contribution in [1.82, 2.24) is 10.2 Å². The quantitative estimate of drug-likeness (QED) is 0.663. The van der Waals surface area contributed by atoms with Gasteiger partial charge < -0.3 is 15.3 Å². The van der Waals surface area contributed by atoms with Crippen molar-refractivity contribution in [2.45, 2.75) is 32.2 Å². The van der Waals surface area contributed by atoms with E-state index in [1.54, 1.807) is 37.0 Å². The minimum absolute atomic E-state index is 0.0166. The zero-order valence-electron chi connectivity index (χ0n) is 14.9. The first-order chi connectivity index (χ1) is 11.8. The molecule has 0 bridgehead atoms. The molecule has 0 heterocycles. The third-order valence-corrected chi connectivity index (χ3v) is 4.40. The predicted octanol–water partition coefficient (Wildman–Crippen LogP) is 2.17. The Balaban J connectivity index is 2.73. The zero-order valence-corrected chi connectivity index (χ0v) is 15.8. The van der Waals surface area contributed by atoms with Crippen LogP contribution in [0.2, 0.25) is 0 Å². The van der Waals surface area contributed by atoms with Crippen LogP contribution < -0.4 is 5.32 Å². The minimum atomic E-state index is -0.882. The van der Waals surface area contributed by atoms with Crippen molar-refractivity contribution in [3.8, 4) is 0 Å². The standard InChI is InChI=1S/C18H26N2O4S/c1-13-6-4-7-14(12-13)17(23)19-15(9-11-25-3)18(24)20(2)10-5-8-16(21)22/h4,6-7,12,15H,5,8-11H2,1-3H3,(H,19,23)(H,21,22). The summed E-state index contributed by atoms with van der Waals surface area (Å²) in [7, 11) is 1.63. The number of hydrogen-bond donors (Lipinski definition) is 2. The van der Waals surface area contributed by atoms with Gasteiger partial charge in [-0.25, -0.2) is 0 Å². The summed E-state index contributed by atoms with van der Waals surface area (Å²) in [5.41, 5.74) is 1.50. The Morgan fingerprint density at radius 1 is 1.32 bits per heavy atom. The van der Waals surface area contributed by atoms with Crippen LogP contribution in [-0.2, 0) is 9.59 Å². The number of likely N-dealkylation sites (N-methyl/N-ethyl adjacent to an activating group) is 1. The highest BCUT2D eigenvalue weighted by Crippen LogP contribution is 2.08. The van der Waals surface area contributed by atoms with Crippen molar-refractivity contribution in [2.75, 3.05) is 25.6 Å². The molecule has 1 aromatic carbocycles. The predicted molar refractivity (Wildman–Crippen MR) is 99.9 cm³/mol. The summed E-state index contributed by atoms with van der Waals surface area (Å²) in [5, 5.41) is 11.5. The van der Waals surface area contributed by atoms with Gasteiger partial charge in [0.25, 0.3) is 5.91 Å². The van der Waals surface area contributed by atoms with Gasteiger partial charge in [-0.05, 0) is 43.9 Å². The van der Waals surface area contributed by atoms with Crippen molar-refractivity contribution in [1.29, 1.82) is 0 Å². The number of carbonyl (C=O) groups is 3. The van der Waals surface area contributed by atoms with Crippen LogP contribution in [0.4, 0.5) is 0 Å². The molecule has 25 heavy (non-hydrogen) atoms. The van der Waals surface area contributed by atoms with Crippen LogP contribution in [0.3, 0.4) is 0 Å². The number of carbonyl (C=O) groups excluding carboxylic acids is 2. The van der Waals surface area contributed by atoms with Crippen LogP contribution in [-0.4, -0.2) is 59.4 Å². The molecule has 138 valence electrons. The molecule has 0 saturated carbocycles. The van der Waals surface area contributed by atoms with Crippen molar-refractivity contribution in [3.05, 3.63) is 35.4 Å². The van der Waals surface area contributed by atoms with E-state index < -0.39 is 12.0 Å². The fourth-order valence-corrected chi connectivity index (χ4v) is 2.84. The molecule has 2 N–H and O–H groups in total. The number of hydrogen-bond acceptors (Lipinski definition) is 4. The molecule has 0 aromatic heterocycles. The molecule has 0 saturated heterocycles. The van der Waals surface area contributed by atoms with Crippen LogP contribution in [0.25, 0.3) is 0 Å². The molecule has 1 unspecified atom stereocenters. The molecular formula is C18H26N2O4S. The number of amides is 2. The smallest absolute Gasteiger partial charge is 0.303 e. The summed E-state index contributed by atoms with van der Waals surface area (Å²) in [6, 6.07) is 6.59. The molecule has 6 nitrogen and oxygen atoms in total. The Kier molecular flexibility index (Phi) is 9.05. The molecule has 0 radical (unpaired) electrons. The van der Waals surface area contributed by atoms with Gasteiger partial charge in [0.2, 0.25) is 5.91 Å². The van der Waals surface area contributed by atoms with E-state index in [2.05, 4.69) is 5.32 Å². The average molecular weight is 366 g/mol. The fraction of sp³-hybridized carbons (Fsp3) is 0.500. The van der Waals surface area contributed by atoms with Gasteiger partial charge in [0.05, 0.1) is 0 Å². The van der Waals surface area contributed by atoms with Gasteiger partial charge in [0.15, 0.2) is 0 Å². The first-order valence-corrected chi connectivity index (χ1v) is 9.57. The highest BCUT2D eigenvalue weighted by molar-refractivity contribution is 7.98. The molecule has 1 rings (SSSR count). The Bertz CT molecular complexity index is 606. The minimum Gasteiger partial charge on any atom is -0.481 e. The summed E-state index contributed by atoms with van der Waals surface area (Å²) in [6.07, 6.45) is 2.88. The van der Waals surface area contributed by atoms with Gasteiger partial charge in [-0.3, -0.25) is 14.4 Å². The lowest BCUT2D eigenvalue weighted by atomic mass is 10.1. The van der Waals surface area contributed by atoms with Gasteiger partial charge in [0.1, 0.15) is 6.04 Å². The van der Waals surface area contributed by atoms with E-state index in [-0.39, 0.29) is 18.2 Å². The van der Waals surface area contributed by atoms with E-state index in [1.165, 1.54) is 4.90 Å². The summed E-state index contributed by atoms with van der Waals surface area (Å²) < 4.78 is 0. The lowest BCUT2D eigenvalue weighted by Crippen LogP contribution is -2.48. The van der Waals surface area contributed by atoms with E-state index in [9.17, 15) is 14.4 Å². The van der Waals surface area contributed by atoms with Gasteiger partial charge >= 0.3 is 5.97 Å². The molecule has 0 aliphatic heterocycles. The van der Waals surface area contributed by atoms with Crippen LogP contribution >= 0.6 is 11.8 Å². The normalized spacial score (nSPS) is 11.6. The van der Waals surface area contributed by atoms with Gasteiger partial charge in [-0.2, -0.15) is 11.8 Å². The fourth-order valence-electron chi connectivity index (χ4n) is 2.36. The molecule has 0 aliphatic carbocycles. The van der Waals surface area contributed by atoms with Crippen molar-refractivity contribution >= 4 is 29.5 Å². The number of carboxylic acids is 1. The maximum atomic E-state index is 12.6. The second-order valence-electron chi connectivity index (χ2n) is 5.93. The molecule has 7 heteroatoms. The Hall–Kier alpha value is -2.02. The highest BCUT2D eigenvalue weighted by atomic mass is 32.2. The molecule has 0 spiro atoms. The number of benzene rings is 1. The van der Waals surface area contributed by atoms with Gasteiger partial charge in [0, 0.05) is 25.6 Å².